The lowest BCUT2D eigenvalue weighted by Gasteiger charge is -2.20. The first kappa shape index (κ1) is 32.5. The highest BCUT2D eigenvalue weighted by atomic mass is 32.1. The number of rotatable bonds is 9. The number of benzene rings is 1. The highest BCUT2D eigenvalue weighted by molar-refractivity contribution is 7.15. The Labute approximate surface area is 217 Å². The lowest BCUT2D eigenvalue weighted by atomic mass is 10.0. The Balaban J connectivity index is 0.000000905. The molecule has 0 aliphatic rings. The van der Waals surface area contributed by atoms with E-state index in [9.17, 15) is 35.9 Å². The Morgan fingerprint density at radius 2 is 1.66 bits per heavy atom. The van der Waals surface area contributed by atoms with E-state index in [0.717, 1.165) is 11.6 Å². The van der Waals surface area contributed by atoms with Crippen LogP contribution in [0.2, 0.25) is 0 Å². The minimum Gasteiger partial charge on any atom is -0.475 e. The lowest BCUT2D eigenvalue weighted by Crippen LogP contribution is -2.47. The molecule has 0 bridgehead atoms. The van der Waals surface area contributed by atoms with Crippen LogP contribution in [0.4, 0.5) is 31.5 Å². The molecule has 9 nitrogen and oxygen atoms in total. The van der Waals surface area contributed by atoms with Crippen LogP contribution >= 0.6 is 11.3 Å². The monoisotopic (exact) mass is 569 g/mol. The zero-order valence-corrected chi connectivity index (χ0v) is 20.8. The summed E-state index contributed by atoms with van der Waals surface area (Å²) in [6.45, 7) is 3.65. The van der Waals surface area contributed by atoms with Crippen LogP contribution in [0, 0.1) is 5.92 Å². The van der Waals surface area contributed by atoms with Gasteiger partial charge in [-0.3, -0.25) is 14.9 Å². The summed E-state index contributed by atoms with van der Waals surface area (Å²) in [5, 5.41) is 17.1. The quantitative estimate of drug-likeness (QED) is 0.265. The van der Waals surface area contributed by atoms with Gasteiger partial charge in [0, 0.05) is 12.1 Å². The highest BCUT2D eigenvalue weighted by Gasteiger charge is 2.38. The van der Waals surface area contributed by atoms with Crippen LogP contribution in [-0.4, -0.2) is 51.3 Å². The number of carbonyl (C=O) groups excluding carboxylic acids is 2. The van der Waals surface area contributed by atoms with Crippen molar-refractivity contribution in [1.29, 1.82) is 0 Å². The van der Waals surface area contributed by atoms with Crippen LogP contribution in [0.3, 0.4) is 0 Å². The van der Waals surface area contributed by atoms with E-state index in [2.05, 4.69) is 20.8 Å². The second-order valence-corrected chi connectivity index (χ2v) is 8.95. The number of nitrogens with zero attached hydrogens (tertiary/aromatic N) is 2. The standard InChI is InChI=1S/C20H24F3N5O2S.C2HF3O2/c1-12(2)16(24)17(30)25-14(9-8-13-6-4-3-5-7-13)10-11-15(29)26-19-28-27-18(31-19)20(21,22)23;3-2(4,5)1(6)7/h3-7,10-12,14,16H,8-9,24H2,1-2H3,(H,25,30)(H,26,28,29);(H,6,7)/b11-10+;/t14-,16-;/m0./s1. The van der Waals surface area contributed by atoms with Crippen molar-refractivity contribution in [3.63, 3.8) is 0 Å². The predicted molar refractivity (Wildman–Crippen MR) is 126 cm³/mol. The molecule has 16 heteroatoms. The number of aromatic nitrogens is 2. The Kier molecular flexibility index (Phi) is 12.3. The van der Waals surface area contributed by atoms with Crippen LogP contribution in [0.15, 0.2) is 42.5 Å². The number of hydrogen-bond acceptors (Lipinski definition) is 7. The number of carboxylic acids is 1. The van der Waals surface area contributed by atoms with Crippen molar-refractivity contribution in [3.8, 4) is 0 Å². The van der Waals surface area contributed by atoms with Crippen molar-refractivity contribution in [2.24, 2.45) is 11.7 Å². The van der Waals surface area contributed by atoms with Gasteiger partial charge < -0.3 is 16.2 Å². The number of hydrogen-bond donors (Lipinski definition) is 4. The fourth-order valence-corrected chi connectivity index (χ4v) is 3.12. The van der Waals surface area contributed by atoms with Crippen molar-refractivity contribution in [2.45, 2.75) is 51.1 Å². The summed E-state index contributed by atoms with van der Waals surface area (Å²) in [6.07, 6.45) is -5.94. The van der Waals surface area contributed by atoms with Crippen LogP contribution in [0.25, 0.3) is 0 Å². The maximum Gasteiger partial charge on any atom is 0.490 e. The number of alkyl halides is 6. The largest absolute Gasteiger partial charge is 0.490 e. The molecule has 0 radical (unpaired) electrons. The normalized spacial score (nSPS) is 13.4. The molecule has 2 aromatic rings. The Hall–Kier alpha value is -3.53. The third-order valence-electron chi connectivity index (χ3n) is 4.56. The zero-order chi connectivity index (χ0) is 29.1. The summed E-state index contributed by atoms with van der Waals surface area (Å²) >= 11 is 0.228. The van der Waals surface area contributed by atoms with E-state index in [0.29, 0.717) is 12.8 Å². The number of carbonyl (C=O) groups is 3. The number of anilines is 1. The molecule has 1 aromatic carbocycles. The van der Waals surface area contributed by atoms with E-state index in [1.165, 1.54) is 6.08 Å². The van der Waals surface area contributed by atoms with Gasteiger partial charge in [0.2, 0.25) is 22.0 Å². The van der Waals surface area contributed by atoms with Crippen LogP contribution in [-0.2, 0) is 27.0 Å². The summed E-state index contributed by atoms with van der Waals surface area (Å²) in [6, 6.07) is 8.39. The van der Waals surface area contributed by atoms with Gasteiger partial charge in [0.25, 0.3) is 0 Å². The van der Waals surface area contributed by atoms with Gasteiger partial charge in [-0.05, 0) is 24.3 Å². The first-order valence-corrected chi connectivity index (χ1v) is 11.6. The fourth-order valence-electron chi connectivity index (χ4n) is 2.50. The number of carboxylic acid groups (broad SMARTS) is 1. The molecule has 0 saturated carbocycles. The van der Waals surface area contributed by atoms with Crippen LogP contribution in [0.1, 0.15) is 30.8 Å². The number of aryl methyl sites for hydroxylation is 1. The SMILES string of the molecule is CC(C)[C@H](N)C(=O)N[C@H](/C=C/C(=O)Nc1nnc(C(F)(F)F)s1)CCc1ccccc1.O=C(O)C(F)(F)F. The molecule has 0 aliphatic heterocycles. The molecule has 5 N–H and O–H groups in total. The van der Waals surface area contributed by atoms with Gasteiger partial charge >= 0.3 is 18.3 Å². The van der Waals surface area contributed by atoms with E-state index < -0.39 is 41.3 Å². The maximum absolute atomic E-state index is 12.6. The average Bonchev–Trinajstić information content (AvgIpc) is 3.29. The van der Waals surface area contributed by atoms with Crippen molar-refractivity contribution >= 4 is 34.3 Å². The summed E-state index contributed by atoms with van der Waals surface area (Å²) in [5.41, 5.74) is 6.95. The van der Waals surface area contributed by atoms with E-state index in [1.54, 1.807) is 0 Å². The van der Waals surface area contributed by atoms with Gasteiger partial charge in [-0.2, -0.15) is 26.3 Å². The van der Waals surface area contributed by atoms with Gasteiger partial charge in [-0.15, -0.1) is 10.2 Å². The van der Waals surface area contributed by atoms with Crippen molar-refractivity contribution < 1.29 is 45.8 Å². The van der Waals surface area contributed by atoms with Gasteiger partial charge in [0.1, 0.15) is 0 Å². The smallest absolute Gasteiger partial charge is 0.475 e. The molecular formula is C22H25F6N5O4S. The molecule has 0 saturated heterocycles. The molecule has 38 heavy (non-hydrogen) atoms. The first-order chi connectivity index (χ1) is 17.5. The van der Waals surface area contributed by atoms with Crippen LogP contribution in [0.5, 0.6) is 0 Å². The van der Waals surface area contributed by atoms with Crippen molar-refractivity contribution in [2.75, 3.05) is 5.32 Å². The molecule has 1 heterocycles. The van der Waals surface area contributed by atoms with Gasteiger partial charge in [-0.1, -0.05) is 61.6 Å². The molecule has 2 rings (SSSR count). The molecule has 0 unspecified atom stereocenters. The topological polar surface area (TPSA) is 147 Å². The second-order valence-electron chi connectivity index (χ2n) is 7.97. The minimum atomic E-state index is -5.08. The van der Waals surface area contributed by atoms with E-state index in [-0.39, 0.29) is 28.3 Å². The number of aliphatic carboxylic acids is 1. The summed E-state index contributed by atoms with van der Waals surface area (Å²) in [7, 11) is 0. The van der Waals surface area contributed by atoms with Gasteiger partial charge in [-0.25, -0.2) is 4.79 Å². The van der Waals surface area contributed by atoms with E-state index >= 15 is 0 Å². The average molecular weight is 570 g/mol. The van der Waals surface area contributed by atoms with Crippen LogP contribution < -0.4 is 16.4 Å². The maximum atomic E-state index is 12.6. The molecule has 2 amide bonds. The fraction of sp³-hybridized carbons (Fsp3) is 0.409. The molecule has 210 valence electrons. The second kappa shape index (κ2) is 14.4. The zero-order valence-electron chi connectivity index (χ0n) is 20.0. The molecule has 0 aliphatic carbocycles. The van der Waals surface area contributed by atoms with Gasteiger partial charge in [0.05, 0.1) is 6.04 Å². The third kappa shape index (κ3) is 12.1. The number of halogens is 6. The Morgan fingerprint density at radius 3 is 2.13 bits per heavy atom. The molecule has 0 spiro atoms. The Morgan fingerprint density at radius 1 is 1.08 bits per heavy atom. The van der Waals surface area contributed by atoms with E-state index in [1.807, 2.05) is 44.2 Å². The lowest BCUT2D eigenvalue weighted by molar-refractivity contribution is -0.192. The molecule has 1 aromatic heterocycles. The van der Waals surface area contributed by atoms with E-state index in [4.69, 9.17) is 15.6 Å². The number of amides is 2. The molecular weight excluding hydrogens is 544 g/mol. The highest BCUT2D eigenvalue weighted by Crippen LogP contribution is 2.32. The van der Waals surface area contributed by atoms with Gasteiger partial charge in [0.15, 0.2) is 0 Å². The first-order valence-electron chi connectivity index (χ1n) is 10.8. The van der Waals surface area contributed by atoms with Crippen molar-refractivity contribution in [1.82, 2.24) is 15.5 Å². The third-order valence-corrected chi connectivity index (χ3v) is 5.44. The summed E-state index contributed by atoms with van der Waals surface area (Å²) in [4.78, 5) is 33.3. The predicted octanol–water partition coefficient (Wildman–Crippen LogP) is 3.79. The number of nitrogens with two attached hydrogens (primary N) is 1. The minimum absolute atomic E-state index is 0.0673. The van der Waals surface area contributed by atoms with Crippen molar-refractivity contribution in [3.05, 3.63) is 53.1 Å². The summed E-state index contributed by atoms with van der Waals surface area (Å²) < 4.78 is 69.5. The number of nitrogens with one attached hydrogen (secondary N) is 2. The summed E-state index contributed by atoms with van der Waals surface area (Å²) in [5.74, 6) is -3.86. The Bertz CT molecular complexity index is 1090. The molecule has 0 fully saturated rings. The molecule has 2 atom stereocenters.